The number of piperidine rings is 1. The Hall–Kier alpha value is -1.32. The summed E-state index contributed by atoms with van der Waals surface area (Å²) in [5.74, 6) is 1.88. The highest BCUT2D eigenvalue weighted by Crippen LogP contribution is 2.23. The number of aromatic nitrogens is 2. The maximum atomic E-state index is 6.25. The van der Waals surface area contributed by atoms with Gasteiger partial charge in [-0.3, -0.25) is 4.90 Å². The summed E-state index contributed by atoms with van der Waals surface area (Å²) < 4.78 is 2.27. The molecular weight excluding hydrogens is 282 g/mol. The molecule has 4 heteroatoms. The summed E-state index contributed by atoms with van der Waals surface area (Å²) >= 11 is 6.25. The van der Waals surface area contributed by atoms with Crippen LogP contribution in [0.25, 0.3) is 0 Å². The van der Waals surface area contributed by atoms with Crippen molar-refractivity contribution in [1.29, 1.82) is 0 Å². The Morgan fingerprint density at radius 3 is 2.67 bits per heavy atom. The summed E-state index contributed by atoms with van der Waals surface area (Å²) in [4.78, 5) is 6.81. The number of benzene rings is 1. The van der Waals surface area contributed by atoms with E-state index >= 15 is 0 Å². The summed E-state index contributed by atoms with van der Waals surface area (Å²) in [6.07, 6.45) is 6.48. The Bertz CT molecular complexity index is 585. The fourth-order valence-corrected chi connectivity index (χ4v) is 3.26. The fraction of sp³-hybridized carbons (Fsp3) is 0.471. The van der Waals surface area contributed by atoms with Crippen LogP contribution in [-0.4, -0.2) is 27.5 Å². The van der Waals surface area contributed by atoms with Crippen molar-refractivity contribution < 1.29 is 0 Å². The molecule has 0 saturated carbocycles. The molecule has 1 aromatic heterocycles. The predicted octanol–water partition coefficient (Wildman–Crippen LogP) is 3.76. The van der Waals surface area contributed by atoms with Crippen LogP contribution in [0.4, 0.5) is 0 Å². The van der Waals surface area contributed by atoms with Crippen molar-refractivity contribution in [3.05, 3.63) is 53.1 Å². The summed E-state index contributed by atoms with van der Waals surface area (Å²) in [6.45, 7) is 6.46. The van der Waals surface area contributed by atoms with Crippen LogP contribution in [-0.2, 0) is 13.1 Å². The van der Waals surface area contributed by atoms with Gasteiger partial charge in [-0.15, -0.1) is 0 Å². The van der Waals surface area contributed by atoms with Crippen molar-refractivity contribution >= 4 is 11.6 Å². The number of likely N-dealkylation sites (tertiary alicyclic amines) is 1. The Morgan fingerprint density at radius 2 is 2.00 bits per heavy atom. The lowest BCUT2D eigenvalue weighted by Crippen LogP contribution is -2.34. The van der Waals surface area contributed by atoms with Crippen molar-refractivity contribution in [2.75, 3.05) is 13.1 Å². The predicted molar refractivity (Wildman–Crippen MR) is 86.4 cm³/mol. The molecule has 0 aliphatic carbocycles. The molecule has 0 radical (unpaired) electrons. The van der Waals surface area contributed by atoms with Crippen molar-refractivity contribution in [2.45, 2.75) is 32.9 Å². The van der Waals surface area contributed by atoms with Gasteiger partial charge in [-0.05, 0) is 50.4 Å². The minimum Gasteiger partial charge on any atom is -0.335 e. The van der Waals surface area contributed by atoms with Gasteiger partial charge >= 0.3 is 0 Å². The molecule has 2 heterocycles. The third-order valence-corrected chi connectivity index (χ3v) is 4.81. The van der Waals surface area contributed by atoms with Gasteiger partial charge in [0.2, 0.25) is 0 Å². The molecule has 0 spiro atoms. The van der Waals surface area contributed by atoms with Gasteiger partial charge in [0.1, 0.15) is 5.82 Å². The Morgan fingerprint density at radius 1 is 1.24 bits per heavy atom. The van der Waals surface area contributed by atoms with E-state index in [1.54, 1.807) is 0 Å². The number of rotatable bonds is 4. The van der Waals surface area contributed by atoms with E-state index in [9.17, 15) is 0 Å². The molecule has 1 saturated heterocycles. The van der Waals surface area contributed by atoms with Crippen molar-refractivity contribution in [1.82, 2.24) is 14.5 Å². The molecule has 3 nitrogen and oxygen atoms in total. The zero-order valence-corrected chi connectivity index (χ0v) is 13.3. The first-order valence-corrected chi connectivity index (χ1v) is 8.03. The van der Waals surface area contributed by atoms with Gasteiger partial charge in [-0.25, -0.2) is 4.98 Å². The van der Waals surface area contributed by atoms with Crippen molar-refractivity contribution in [2.24, 2.45) is 5.92 Å². The fourth-order valence-electron chi connectivity index (χ4n) is 3.07. The molecule has 2 aromatic rings. The van der Waals surface area contributed by atoms with Crippen LogP contribution in [0.5, 0.6) is 0 Å². The second-order valence-corrected chi connectivity index (χ2v) is 6.34. The van der Waals surface area contributed by atoms with Crippen LogP contribution < -0.4 is 0 Å². The van der Waals surface area contributed by atoms with E-state index in [-0.39, 0.29) is 0 Å². The van der Waals surface area contributed by atoms with Gasteiger partial charge in [0.15, 0.2) is 0 Å². The Balaban J connectivity index is 1.51. The molecule has 0 N–H and O–H groups in total. The van der Waals surface area contributed by atoms with Gasteiger partial charge in [0, 0.05) is 30.5 Å². The molecule has 1 aromatic carbocycles. The molecule has 0 bridgehead atoms. The molecule has 21 heavy (non-hydrogen) atoms. The van der Waals surface area contributed by atoms with Crippen molar-refractivity contribution in [3.63, 3.8) is 0 Å². The van der Waals surface area contributed by atoms with Crippen LogP contribution in [0.3, 0.4) is 0 Å². The lowest BCUT2D eigenvalue weighted by molar-refractivity contribution is 0.167. The maximum absolute atomic E-state index is 6.25. The van der Waals surface area contributed by atoms with Gasteiger partial charge in [0.25, 0.3) is 0 Å². The number of halogens is 1. The quantitative estimate of drug-likeness (QED) is 0.857. The van der Waals surface area contributed by atoms with Crippen LogP contribution >= 0.6 is 11.6 Å². The maximum Gasteiger partial charge on any atom is 0.105 e. The number of hydrogen-bond acceptors (Lipinski definition) is 2. The number of aryl methyl sites for hydroxylation is 1. The molecule has 112 valence electrons. The lowest BCUT2D eigenvalue weighted by atomic mass is 9.96. The molecule has 0 atom stereocenters. The third-order valence-electron chi connectivity index (χ3n) is 4.44. The highest BCUT2D eigenvalue weighted by molar-refractivity contribution is 6.31. The molecular formula is C17H22ClN3. The van der Waals surface area contributed by atoms with Gasteiger partial charge in [-0.2, -0.15) is 0 Å². The van der Waals surface area contributed by atoms with Crippen LogP contribution in [0.1, 0.15) is 24.2 Å². The standard InChI is InChI=1S/C17H22ClN3/c1-14-19-8-11-21(14)12-15-6-9-20(10-7-15)13-16-4-2-3-5-17(16)18/h2-5,8,11,15H,6-7,9-10,12-13H2,1H3. The minimum atomic E-state index is 0.764. The van der Waals surface area contributed by atoms with E-state index in [0.717, 1.165) is 42.9 Å². The number of hydrogen-bond donors (Lipinski definition) is 0. The van der Waals surface area contributed by atoms with Crippen molar-refractivity contribution in [3.8, 4) is 0 Å². The average Bonchev–Trinajstić information content (AvgIpc) is 2.89. The van der Waals surface area contributed by atoms with E-state index in [1.807, 2.05) is 18.3 Å². The van der Waals surface area contributed by atoms with E-state index in [4.69, 9.17) is 11.6 Å². The zero-order chi connectivity index (χ0) is 14.7. The second-order valence-electron chi connectivity index (χ2n) is 5.94. The van der Waals surface area contributed by atoms with E-state index in [1.165, 1.54) is 18.4 Å². The smallest absolute Gasteiger partial charge is 0.105 e. The monoisotopic (exact) mass is 303 g/mol. The normalized spacial score (nSPS) is 17.2. The number of imidazole rings is 1. The minimum absolute atomic E-state index is 0.764. The Labute approximate surface area is 131 Å². The topological polar surface area (TPSA) is 21.1 Å². The van der Waals surface area contributed by atoms with E-state index in [0.29, 0.717) is 0 Å². The molecule has 1 aliphatic rings. The summed E-state index contributed by atoms with van der Waals surface area (Å²) in [6, 6.07) is 8.16. The molecule has 0 amide bonds. The molecule has 1 fully saturated rings. The number of nitrogens with zero attached hydrogens (tertiary/aromatic N) is 3. The van der Waals surface area contributed by atoms with E-state index in [2.05, 4.69) is 39.7 Å². The van der Waals surface area contributed by atoms with Gasteiger partial charge in [-0.1, -0.05) is 29.8 Å². The van der Waals surface area contributed by atoms with Gasteiger partial charge in [0.05, 0.1) is 0 Å². The first kappa shape index (κ1) is 14.6. The average molecular weight is 304 g/mol. The van der Waals surface area contributed by atoms with E-state index < -0.39 is 0 Å². The largest absolute Gasteiger partial charge is 0.335 e. The zero-order valence-electron chi connectivity index (χ0n) is 12.5. The summed E-state index contributed by atoms with van der Waals surface area (Å²) in [5.41, 5.74) is 1.24. The summed E-state index contributed by atoms with van der Waals surface area (Å²) in [5, 5.41) is 0.883. The van der Waals surface area contributed by atoms with Crippen LogP contribution in [0.2, 0.25) is 5.02 Å². The molecule has 1 aliphatic heterocycles. The highest BCUT2D eigenvalue weighted by atomic mass is 35.5. The van der Waals surface area contributed by atoms with Crippen LogP contribution in [0, 0.1) is 12.8 Å². The Kier molecular flexibility index (Phi) is 4.61. The first-order chi connectivity index (χ1) is 10.2. The lowest BCUT2D eigenvalue weighted by Gasteiger charge is -2.32. The first-order valence-electron chi connectivity index (χ1n) is 7.66. The van der Waals surface area contributed by atoms with Gasteiger partial charge < -0.3 is 4.57 Å². The third kappa shape index (κ3) is 3.66. The molecule has 3 rings (SSSR count). The highest BCUT2D eigenvalue weighted by Gasteiger charge is 2.20. The summed E-state index contributed by atoms with van der Waals surface area (Å²) in [7, 11) is 0. The van der Waals surface area contributed by atoms with Crippen LogP contribution in [0.15, 0.2) is 36.7 Å². The second kappa shape index (κ2) is 6.63. The molecule has 0 unspecified atom stereocenters. The SMILES string of the molecule is Cc1nccn1CC1CCN(Cc2ccccc2Cl)CC1.